The van der Waals surface area contributed by atoms with E-state index in [-0.39, 0.29) is 0 Å². The van der Waals surface area contributed by atoms with E-state index in [4.69, 9.17) is 4.52 Å². The molecule has 1 saturated heterocycles. The monoisotopic (exact) mass is 196 g/mol. The third-order valence-corrected chi connectivity index (χ3v) is 2.35. The van der Waals surface area contributed by atoms with E-state index >= 15 is 0 Å². The summed E-state index contributed by atoms with van der Waals surface area (Å²) in [6.07, 6.45) is 2.46. The van der Waals surface area contributed by atoms with Crippen LogP contribution in [0, 0.1) is 6.92 Å². The first kappa shape index (κ1) is 11.2. The lowest BCUT2D eigenvalue weighted by Crippen LogP contribution is -2.28. The van der Waals surface area contributed by atoms with Crippen molar-refractivity contribution in [2.24, 2.45) is 0 Å². The molecule has 1 aliphatic rings. The zero-order valence-electron chi connectivity index (χ0n) is 9.34. The van der Waals surface area contributed by atoms with Crippen molar-refractivity contribution in [2.45, 2.75) is 39.5 Å². The lowest BCUT2D eigenvalue weighted by Gasteiger charge is -2.19. The van der Waals surface area contributed by atoms with E-state index < -0.39 is 0 Å². The van der Waals surface area contributed by atoms with Gasteiger partial charge in [-0.15, -0.1) is 0 Å². The van der Waals surface area contributed by atoms with Crippen molar-refractivity contribution in [1.82, 2.24) is 10.5 Å². The summed E-state index contributed by atoms with van der Waals surface area (Å²) in [5, 5.41) is 7.24. The molecular weight excluding hydrogens is 176 g/mol. The molecule has 1 atom stereocenters. The Hall–Kier alpha value is -0.830. The first-order valence-electron chi connectivity index (χ1n) is 5.50. The summed E-state index contributed by atoms with van der Waals surface area (Å²) in [7, 11) is 0. The Bertz CT molecular complexity index is 252. The molecule has 0 spiro atoms. The van der Waals surface area contributed by atoms with Crippen molar-refractivity contribution in [2.75, 3.05) is 13.1 Å². The van der Waals surface area contributed by atoms with Crippen molar-refractivity contribution < 1.29 is 4.52 Å². The van der Waals surface area contributed by atoms with E-state index in [0.29, 0.717) is 5.92 Å². The molecule has 0 aromatic carbocycles. The molecule has 1 unspecified atom stereocenters. The Morgan fingerprint density at radius 3 is 2.79 bits per heavy atom. The molecule has 1 N–H and O–H groups in total. The van der Waals surface area contributed by atoms with E-state index in [9.17, 15) is 0 Å². The zero-order valence-corrected chi connectivity index (χ0v) is 9.34. The number of aryl methyl sites for hydroxylation is 1. The smallest absolute Gasteiger partial charge is 0.141 e. The Kier molecular flexibility index (Phi) is 4.66. The minimum absolute atomic E-state index is 0.542. The van der Waals surface area contributed by atoms with Gasteiger partial charge in [0.05, 0.1) is 5.69 Å². The SMILES string of the molecule is CC.Cc1cc(C2CCCNC2)on1. The zero-order chi connectivity index (χ0) is 10.4. The lowest BCUT2D eigenvalue weighted by atomic mass is 9.97. The van der Waals surface area contributed by atoms with E-state index in [1.807, 2.05) is 26.8 Å². The summed E-state index contributed by atoms with van der Waals surface area (Å²) in [5.74, 6) is 1.58. The highest BCUT2D eigenvalue weighted by molar-refractivity contribution is 5.09. The van der Waals surface area contributed by atoms with Gasteiger partial charge < -0.3 is 9.84 Å². The van der Waals surface area contributed by atoms with Crippen LogP contribution >= 0.6 is 0 Å². The first-order valence-corrected chi connectivity index (χ1v) is 5.50. The molecule has 0 radical (unpaired) electrons. The molecule has 0 amide bonds. The van der Waals surface area contributed by atoms with Crippen molar-refractivity contribution in [3.63, 3.8) is 0 Å². The van der Waals surface area contributed by atoms with Gasteiger partial charge in [0.2, 0.25) is 0 Å². The van der Waals surface area contributed by atoms with E-state index in [2.05, 4.69) is 10.5 Å². The molecule has 2 heterocycles. The third-order valence-electron chi connectivity index (χ3n) is 2.35. The normalized spacial score (nSPS) is 21.2. The largest absolute Gasteiger partial charge is 0.361 e. The quantitative estimate of drug-likeness (QED) is 0.750. The van der Waals surface area contributed by atoms with E-state index in [1.165, 1.54) is 12.8 Å². The van der Waals surface area contributed by atoms with Gasteiger partial charge in [0.15, 0.2) is 0 Å². The van der Waals surface area contributed by atoms with Crippen LogP contribution in [-0.2, 0) is 0 Å². The number of hydrogen-bond acceptors (Lipinski definition) is 3. The molecule has 2 rings (SSSR count). The number of hydrogen-bond donors (Lipinski definition) is 1. The van der Waals surface area contributed by atoms with Crippen LogP contribution in [0.1, 0.15) is 44.1 Å². The fourth-order valence-electron chi connectivity index (χ4n) is 1.67. The van der Waals surface area contributed by atoms with Crippen molar-refractivity contribution in [3.05, 3.63) is 17.5 Å². The summed E-state index contributed by atoms with van der Waals surface area (Å²) in [6, 6.07) is 2.04. The van der Waals surface area contributed by atoms with Crippen molar-refractivity contribution >= 4 is 0 Å². The molecule has 0 bridgehead atoms. The summed E-state index contributed by atoms with van der Waals surface area (Å²) >= 11 is 0. The van der Waals surface area contributed by atoms with Crippen molar-refractivity contribution in [3.8, 4) is 0 Å². The maximum absolute atomic E-state index is 5.21. The van der Waals surface area contributed by atoms with Gasteiger partial charge in [-0.2, -0.15) is 0 Å². The Balaban J connectivity index is 0.000000461. The van der Waals surface area contributed by atoms with Crippen molar-refractivity contribution in [1.29, 1.82) is 0 Å². The highest BCUT2D eigenvalue weighted by Gasteiger charge is 2.18. The van der Waals surface area contributed by atoms with Crippen LogP contribution < -0.4 is 5.32 Å². The number of nitrogens with one attached hydrogen (secondary N) is 1. The van der Waals surface area contributed by atoms with Crippen LogP contribution in [-0.4, -0.2) is 18.2 Å². The molecule has 0 aliphatic carbocycles. The lowest BCUT2D eigenvalue weighted by molar-refractivity contribution is 0.327. The fourth-order valence-corrected chi connectivity index (χ4v) is 1.67. The van der Waals surface area contributed by atoms with Gasteiger partial charge in [-0.1, -0.05) is 19.0 Å². The van der Waals surface area contributed by atoms with Crippen LogP contribution in [0.2, 0.25) is 0 Å². The second-order valence-electron chi connectivity index (χ2n) is 3.41. The van der Waals surface area contributed by atoms with Crippen LogP contribution in [0.15, 0.2) is 10.6 Å². The molecule has 3 nitrogen and oxygen atoms in total. The molecule has 14 heavy (non-hydrogen) atoms. The minimum atomic E-state index is 0.542. The maximum Gasteiger partial charge on any atom is 0.141 e. The number of rotatable bonds is 1. The second-order valence-corrected chi connectivity index (χ2v) is 3.41. The predicted octanol–water partition coefficient (Wildman–Crippen LogP) is 2.48. The molecule has 80 valence electrons. The highest BCUT2D eigenvalue weighted by Crippen LogP contribution is 2.23. The van der Waals surface area contributed by atoms with Gasteiger partial charge in [0, 0.05) is 18.5 Å². The second kappa shape index (κ2) is 5.81. The number of nitrogens with zero attached hydrogens (tertiary/aromatic N) is 1. The molecule has 1 aromatic rings. The first-order chi connectivity index (χ1) is 6.86. The van der Waals surface area contributed by atoms with Crippen LogP contribution in [0.25, 0.3) is 0 Å². The predicted molar refractivity (Wildman–Crippen MR) is 57.4 cm³/mol. The standard InChI is InChI=1S/C9H14N2O.C2H6/c1-7-5-9(12-11-7)8-3-2-4-10-6-8;1-2/h5,8,10H,2-4,6H2,1H3;1-2H3. The highest BCUT2D eigenvalue weighted by atomic mass is 16.5. The topological polar surface area (TPSA) is 38.1 Å². The van der Waals surface area contributed by atoms with E-state index in [1.54, 1.807) is 0 Å². The van der Waals surface area contributed by atoms with Gasteiger partial charge >= 0.3 is 0 Å². The molecule has 3 heteroatoms. The van der Waals surface area contributed by atoms with Gasteiger partial charge in [0.25, 0.3) is 0 Å². The molecule has 1 fully saturated rings. The molecule has 1 aliphatic heterocycles. The molecular formula is C11H20N2O. The summed E-state index contributed by atoms with van der Waals surface area (Å²) in [4.78, 5) is 0. The van der Waals surface area contributed by atoms with Gasteiger partial charge in [-0.05, 0) is 26.3 Å². The van der Waals surface area contributed by atoms with Crippen LogP contribution in [0.3, 0.4) is 0 Å². The number of piperidine rings is 1. The molecule has 0 saturated carbocycles. The summed E-state index contributed by atoms with van der Waals surface area (Å²) in [6.45, 7) is 8.14. The Morgan fingerprint density at radius 1 is 1.50 bits per heavy atom. The average Bonchev–Trinajstić information content (AvgIpc) is 2.69. The van der Waals surface area contributed by atoms with Crippen LogP contribution in [0.5, 0.6) is 0 Å². The molecule has 1 aromatic heterocycles. The number of aromatic nitrogens is 1. The average molecular weight is 196 g/mol. The van der Waals surface area contributed by atoms with Gasteiger partial charge in [-0.3, -0.25) is 0 Å². The van der Waals surface area contributed by atoms with Gasteiger partial charge in [0.1, 0.15) is 5.76 Å². The summed E-state index contributed by atoms with van der Waals surface area (Å²) in [5.41, 5.74) is 0.982. The summed E-state index contributed by atoms with van der Waals surface area (Å²) < 4.78 is 5.21. The third kappa shape index (κ3) is 2.84. The van der Waals surface area contributed by atoms with E-state index in [0.717, 1.165) is 24.5 Å². The minimum Gasteiger partial charge on any atom is -0.361 e. The van der Waals surface area contributed by atoms with Crippen LogP contribution in [0.4, 0.5) is 0 Å². The fraction of sp³-hybridized carbons (Fsp3) is 0.727. The maximum atomic E-state index is 5.21. The van der Waals surface area contributed by atoms with Gasteiger partial charge in [-0.25, -0.2) is 0 Å². The Labute approximate surface area is 85.9 Å². The Morgan fingerprint density at radius 2 is 2.29 bits per heavy atom.